The molecular weight excluding hydrogens is 347 g/mol. The predicted molar refractivity (Wildman–Crippen MR) is 103 cm³/mol. The topological polar surface area (TPSA) is 72.2 Å². The number of halogens is 1. The zero-order valence-corrected chi connectivity index (χ0v) is 15.9. The summed E-state index contributed by atoms with van der Waals surface area (Å²) < 4.78 is 13.2. The van der Waals surface area contributed by atoms with Crippen molar-refractivity contribution in [2.24, 2.45) is 5.92 Å². The Kier molecular flexibility index (Phi) is 6.23. The van der Waals surface area contributed by atoms with Gasteiger partial charge in [-0.2, -0.15) is 0 Å². The van der Waals surface area contributed by atoms with Crippen LogP contribution < -0.4 is 11.2 Å². The third-order valence-corrected chi connectivity index (χ3v) is 5.19. The van der Waals surface area contributed by atoms with E-state index in [0.29, 0.717) is 24.1 Å². The molecular formula is C20H27FN4O2. The van der Waals surface area contributed by atoms with Gasteiger partial charge in [0.25, 0.3) is 5.56 Å². The largest absolute Gasteiger partial charge is 0.325 e. The molecule has 2 heterocycles. The molecule has 0 bridgehead atoms. The smallest absolute Gasteiger partial charge is 0.314 e. The van der Waals surface area contributed by atoms with E-state index in [1.165, 1.54) is 18.3 Å². The fraction of sp³-hybridized carbons (Fsp3) is 0.500. The zero-order valence-electron chi connectivity index (χ0n) is 15.9. The molecule has 1 atom stereocenters. The first-order valence-electron chi connectivity index (χ1n) is 9.44. The summed E-state index contributed by atoms with van der Waals surface area (Å²) in [5.74, 6) is 0.229. The summed E-state index contributed by atoms with van der Waals surface area (Å²) in [5.41, 5.74) is 0.870. The molecule has 1 aromatic carbocycles. The summed E-state index contributed by atoms with van der Waals surface area (Å²) in [6.07, 6.45) is 2.50. The van der Waals surface area contributed by atoms with E-state index in [1.807, 2.05) is 12.1 Å². The highest BCUT2D eigenvalue weighted by atomic mass is 19.1. The molecule has 146 valence electrons. The molecule has 6 nitrogen and oxygen atoms in total. The van der Waals surface area contributed by atoms with Crippen molar-refractivity contribution in [2.75, 3.05) is 19.6 Å². The van der Waals surface area contributed by atoms with Crippen LogP contribution in [-0.2, 0) is 13.1 Å². The number of rotatable bonds is 5. The maximum atomic E-state index is 13.2. The van der Waals surface area contributed by atoms with Crippen LogP contribution in [0.5, 0.6) is 0 Å². The van der Waals surface area contributed by atoms with Gasteiger partial charge in [0.2, 0.25) is 0 Å². The highest BCUT2D eigenvalue weighted by Crippen LogP contribution is 2.21. The summed E-state index contributed by atoms with van der Waals surface area (Å²) in [4.78, 5) is 32.8. The van der Waals surface area contributed by atoms with E-state index < -0.39 is 5.69 Å². The third-order valence-electron chi connectivity index (χ3n) is 5.19. The SMILES string of the molecule is CC(C)[C@H]1CN(Cc2c[nH]c(=O)[nH]c2=O)CCCN1Cc1ccc(F)cc1. The number of aromatic amines is 2. The highest BCUT2D eigenvalue weighted by Gasteiger charge is 2.27. The number of benzene rings is 1. The van der Waals surface area contributed by atoms with Crippen molar-refractivity contribution in [3.05, 3.63) is 68.2 Å². The van der Waals surface area contributed by atoms with Gasteiger partial charge in [0.05, 0.1) is 0 Å². The monoisotopic (exact) mass is 374 g/mol. The zero-order chi connectivity index (χ0) is 19.4. The Labute approximate surface area is 158 Å². The van der Waals surface area contributed by atoms with E-state index in [4.69, 9.17) is 0 Å². The molecule has 1 aromatic heterocycles. The van der Waals surface area contributed by atoms with Gasteiger partial charge in [-0.15, -0.1) is 0 Å². The van der Waals surface area contributed by atoms with Crippen LogP contribution in [-0.4, -0.2) is 45.4 Å². The van der Waals surface area contributed by atoms with Gasteiger partial charge in [-0.25, -0.2) is 9.18 Å². The van der Waals surface area contributed by atoms with Crippen LogP contribution >= 0.6 is 0 Å². The fourth-order valence-electron chi connectivity index (χ4n) is 3.73. The number of hydrogen-bond acceptors (Lipinski definition) is 4. The van der Waals surface area contributed by atoms with Gasteiger partial charge in [0.15, 0.2) is 0 Å². The van der Waals surface area contributed by atoms with E-state index in [1.54, 1.807) is 0 Å². The molecule has 3 rings (SSSR count). The summed E-state index contributed by atoms with van der Waals surface area (Å²) >= 11 is 0. The lowest BCUT2D eigenvalue weighted by atomic mass is 10.0. The minimum atomic E-state index is -0.481. The van der Waals surface area contributed by atoms with E-state index in [2.05, 4.69) is 33.6 Å². The van der Waals surface area contributed by atoms with Gasteiger partial charge in [-0.05, 0) is 36.6 Å². The lowest BCUT2D eigenvalue weighted by Crippen LogP contribution is -2.44. The van der Waals surface area contributed by atoms with Crippen molar-refractivity contribution in [1.29, 1.82) is 0 Å². The molecule has 1 fully saturated rings. The third kappa shape index (κ3) is 5.14. The van der Waals surface area contributed by atoms with Gasteiger partial charge in [0.1, 0.15) is 5.82 Å². The fourth-order valence-corrected chi connectivity index (χ4v) is 3.73. The van der Waals surface area contributed by atoms with Gasteiger partial charge in [-0.3, -0.25) is 19.6 Å². The molecule has 2 aromatic rings. The second kappa shape index (κ2) is 8.63. The molecule has 7 heteroatoms. The minimum absolute atomic E-state index is 0.215. The van der Waals surface area contributed by atoms with Crippen LogP contribution in [0.3, 0.4) is 0 Å². The lowest BCUT2D eigenvalue weighted by molar-refractivity contribution is 0.130. The summed E-state index contributed by atoms with van der Waals surface area (Å²) in [6.45, 7) is 8.41. The van der Waals surface area contributed by atoms with Crippen LogP contribution in [0.2, 0.25) is 0 Å². The molecule has 0 aliphatic carbocycles. The molecule has 0 saturated carbocycles. The Morgan fingerprint density at radius 1 is 1.15 bits per heavy atom. The quantitative estimate of drug-likeness (QED) is 0.839. The number of nitrogens with zero attached hydrogens (tertiary/aromatic N) is 2. The normalized spacial score (nSPS) is 19.3. The van der Waals surface area contributed by atoms with Gasteiger partial charge in [0, 0.05) is 44.0 Å². The van der Waals surface area contributed by atoms with Crippen molar-refractivity contribution < 1.29 is 4.39 Å². The molecule has 0 radical (unpaired) electrons. The Morgan fingerprint density at radius 2 is 1.89 bits per heavy atom. The van der Waals surface area contributed by atoms with Gasteiger partial charge < -0.3 is 4.98 Å². The second-order valence-corrected chi connectivity index (χ2v) is 7.59. The second-order valence-electron chi connectivity index (χ2n) is 7.59. The van der Waals surface area contributed by atoms with E-state index in [-0.39, 0.29) is 11.4 Å². The van der Waals surface area contributed by atoms with Crippen LogP contribution in [0, 0.1) is 11.7 Å². The van der Waals surface area contributed by atoms with Crippen molar-refractivity contribution >= 4 is 0 Å². The Morgan fingerprint density at radius 3 is 2.56 bits per heavy atom. The molecule has 1 saturated heterocycles. The van der Waals surface area contributed by atoms with Gasteiger partial charge in [-0.1, -0.05) is 26.0 Å². The molecule has 0 spiro atoms. The Bertz CT molecular complexity index is 859. The molecule has 1 aliphatic heterocycles. The van der Waals surface area contributed by atoms with E-state index in [0.717, 1.165) is 38.2 Å². The molecule has 0 amide bonds. The number of hydrogen-bond donors (Lipinski definition) is 2. The first kappa shape index (κ1) is 19.5. The van der Waals surface area contributed by atoms with Crippen molar-refractivity contribution in [3.63, 3.8) is 0 Å². The Hall–Kier alpha value is -2.25. The maximum absolute atomic E-state index is 13.2. The molecule has 2 N–H and O–H groups in total. The first-order valence-corrected chi connectivity index (χ1v) is 9.44. The number of aromatic nitrogens is 2. The summed E-state index contributed by atoms with van der Waals surface area (Å²) in [5, 5.41) is 0. The average Bonchev–Trinajstić information content (AvgIpc) is 2.82. The first-order chi connectivity index (χ1) is 12.9. The predicted octanol–water partition coefficient (Wildman–Crippen LogP) is 1.93. The maximum Gasteiger partial charge on any atom is 0.325 e. The van der Waals surface area contributed by atoms with E-state index >= 15 is 0 Å². The standard InChI is InChI=1S/C20H27FN4O2/c1-14(2)18-13-24(12-16-10-22-20(27)23-19(16)26)8-3-9-25(18)11-15-4-6-17(21)7-5-15/h4-7,10,14,18H,3,8-9,11-13H2,1-2H3,(H2,22,23,26,27)/t18-/m1/s1. The highest BCUT2D eigenvalue weighted by molar-refractivity contribution is 5.16. The van der Waals surface area contributed by atoms with Crippen LogP contribution in [0.25, 0.3) is 0 Å². The summed E-state index contributed by atoms with van der Waals surface area (Å²) in [6, 6.07) is 7.03. The van der Waals surface area contributed by atoms with Crippen molar-refractivity contribution in [3.8, 4) is 0 Å². The van der Waals surface area contributed by atoms with Crippen LogP contribution in [0.15, 0.2) is 40.1 Å². The number of H-pyrrole nitrogens is 2. The van der Waals surface area contributed by atoms with E-state index in [9.17, 15) is 14.0 Å². The Balaban J connectivity index is 1.73. The molecule has 27 heavy (non-hydrogen) atoms. The average molecular weight is 374 g/mol. The van der Waals surface area contributed by atoms with Crippen molar-refractivity contribution in [1.82, 2.24) is 19.8 Å². The van der Waals surface area contributed by atoms with Crippen LogP contribution in [0.1, 0.15) is 31.4 Å². The molecule has 0 unspecified atom stereocenters. The van der Waals surface area contributed by atoms with Crippen LogP contribution in [0.4, 0.5) is 4.39 Å². The lowest BCUT2D eigenvalue weighted by Gasteiger charge is -2.34. The minimum Gasteiger partial charge on any atom is -0.314 e. The molecule has 1 aliphatic rings. The van der Waals surface area contributed by atoms with Gasteiger partial charge >= 0.3 is 5.69 Å². The van der Waals surface area contributed by atoms with Crippen molar-refractivity contribution in [2.45, 2.75) is 39.4 Å². The number of nitrogens with one attached hydrogen (secondary N) is 2. The summed E-state index contributed by atoms with van der Waals surface area (Å²) in [7, 11) is 0.